The Labute approximate surface area is 209 Å². The number of rotatable bonds is 10. The first-order valence-corrected chi connectivity index (χ1v) is 11.8. The topological polar surface area (TPSA) is 117 Å². The highest BCUT2D eigenvalue weighted by Crippen LogP contribution is 2.29. The molecule has 0 spiro atoms. The molecule has 4 aromatic rings. The number of benzene rings is 3. The van der Waals surface area contributed by atoms with E-state index in [2.05, 4.69) is 34.7 Å². The Kier molecular flexibility index (Phi) is 7.75. The zero-order chi connectivity index (χ0) is 25.5. The lowest BCUT2D eigenvalue weighted by Crippen LogP contribution is -2.26. The van der Waals surface area contributed by atoms with Crippen molar-refractivity contribution in [2.24, 2.45) is 5.92 Å². The van der Waals surface area contributed by atoms with Gasteiger partial charge in [-0.2, -0.15) is 0 Å². The summed E-state index contributed by atoms with van der Waals surface area (Å²) in [5.41, 5.74) is 4.18. The summed E-state index contributed by atoms with van der Waals surface area (Å²) in [5, 5.41) is 23.2. The summed E-state index contributed by atoms with van der Waals surface area (Å²) in [7, 11) is 0. The van der Waals surface area contributed by atoms with Crippen molar-refractivity contribution in [1.82, 2.24) is 15.5 Å². The Morgan fingerprint density at radius 1 is 0.861 bits per heavy atom. The second-order valence-corrected chi connectivity index (χ2v) is 8.74. The first kappa shape index (κ1) is 24.7. The minimum absolute atomic E-state index is 0.0388. The van der Waals surface area contributed by atoms with Crippen LogP contribution in [0.5, 0.6) is 0 Å². The van der Waals surface area contributed by atoms with E-state index in [0.29, 0.717) is 23.3 Å². The molecule has 36 heavy (non-hydrogen) atoms. The number of hydrogen-bond donors (Lipinski definition) is 3. The van der Waals surface area contributed by atoms with Crippen LogP contribution in [0.25, 0.3) is 22.9 Å². The van der Waals surface area contributed by atoms with E-state index >= 15 is 0 Å². The van der Waals surface area contributed by atoms with Crippen LogP contribution in [-0.4, -0.2) is 33.7 Å². The van der Waals surface area contributed by atoms with Crippen LogP contribution in [0.15, 0.2) is 83.3 Å². The number of nitrogens with one attached hydrogen (secondary N) is 2. The maximum atomic E-state index is 12.2. The molecule has 0 saturated heterocycles. The highest BCUT2D eigenvalue weighted by Gasteiger charge is 2.17. The van der Waals surface area contributed by atoms with Gasteiger partial charge in [-0.3, -0.25) is 9.59 Å². The molecule has 0 fully saturated rings. The molecule has 1 amide bonds. The summed E-state index contributed by atoms with van der Waals surface area (Å²) in [6.45, 7) is 4.37. The van der Waals surface area contributed by atoms with E-state index in [9.17, 15) is 9.59 Å². The molecule has 1 heterocycles. The average Bonchev–Trinajstić information content (AvgIpc) is 3.38. The molecule has 0 aliphatic rings. The highest BCUT2D eigenvalue weighted by molar-refractivity contribution is 5.94. The number of carboxylic acids is 1. The van der Waals surface area contributed by atoms with Crippen LogP contribution in [0.1, 0.15) is 42.2 Å². The molecule has 3 aromatic carbocycles. The maximum absolute atomic E-state index is 12.2. The van der Waals surface area contributed by atoms with Gasteiger partial charge in [-0.25, -0.2) is 0 Å². The van der Waals surface area contributed by atoms with Crippen molar-refractivity contribution < 1.29 is 19.1 Å². The van der Waals surface area contributed by atoms with Gasteiger partial charge in [0.1, 0.15) is 0 Å². The molecular weight excluding hydrogens is 456 g/mol. The summed E-state index contributed by atoms with van der Waals surface area (Å²) < 4.78 is 5.87. The number of amides is 1. The predicted molar refractivity (Wildman–Crippen MR) is 137 cm³/mol. The van der Waals surface area contributed by atoms with E-state index in [1.54, 1.807) is 12.1 Å². The third-order valence-electron chi connectivity index (χ3n) is 5.72. The maximum Gasteiger partial charge on any atom is 0.305 e. The van der Waals surface area contributed by atoms with Crippen molar-refractivity contribution in [3.05, 3.63) is 90.0 Å². The van der Waals surface area contributed by atoms with E-state index in [0.717, 1.165) is 22.4 Å². The normalized spacial score (nSPS) is 11.8. The molecule has 0 radical (unpaired) electrons. The van der Waals surface area contributed by atoms with E-state index in [4.69, 9.17) is 9.52 Å². The molecule has 184 valence electrons. The number of carbonyl (C=O) groups excluding carboxylic acids is 1. The summed E-state index contributed by atoms with van der Waals surface area (Å²) in [5.74, 6) is -0.00287. The van der Waals surface area contributed by atoms with Crippen LogP contribution < -0.4 is 10.6 Å². The number of nitrogens with zero attached hydrogens (tertiary/aromatic N) is 2. The molecule has 1 atom stereocenters. The molecule has 0 bridgehead atoms. The van der Waals surface area contributed by atoms with E-state index in [1.165, 1.54) is 0 Å². The Morgan fingerprint density at radius 2 is 1.47 bits per heavy atom. The first-order chi connectivity index (χ1) is 17.4. The number of aliphatic carboxylic acids is 1. The van der Waals surface area contributed by atoms with Crippen LogP contribution in [0.4, 0.5) is 5.69 Å². The zero-order valence-corrected chi connectivity index (χ0v) is 20.1. The predicted octanol–water partition coefficient (Wildman–Crippen LogP) is 5.42. The van der Waals surface area contributed by atoms with Crippen molar-refractivity contribution in [1.29, 1.82) is 0 Å². The number of carboxylic acid groups (broad SMARTS) is 1. The number of carbonyl (C=O) groups is 2. The van der Waals surface area contributed by atoms with Crippen LogP contribution in [0.3, 0.4) is 0 Å². The summed E-state index contributed by atoms with van der Waals surface area (Å²) in [4.78, 5) is 22.8. The molecule has 0 aliphatic carbocycles. The summed E-state index contributed by atoms with van der Waals surface area (Å²) in [6, 6.07) is 24.9. The third kappa shape index (κ3) is 6.15. The van der Waals surface area contributed by atoms with Gasteiger partial charge < -0.3 is 20.2 Å². The van der Waals surface area contributed by atoms with Gasteiger partial charge in [0, 0.05) is 28.9 Å². The fourth-order valence-electron chi connectivity index (χ4n) is 3.79. The number of anilines is 1. The Hall–Kier alpha value is -4.46. The molecule has 8 nitrogen and oxygen atoms in total. The van der Waals surface area contributed by atoms with Gasteiger partial charge in [0.2, 0.25) is 11.8 Å². The fourth-order valence-corrected chi connectivity index (χ4v) is 3.79. The first-order valence-electron chi connectivity index (χ1n) is 11.8. The van der Waals surface area contributed by atoms with Gasteiger partial charge in [-0.05, 0) is 60.0 Å². The van der Waals surface area contributed by atoms with Crippen LogP contribution in [0, 0.1) is 5.92 Å². The van der Waals surface area contributed by atoms with Crippen molar-refractivity contribution in [2.75, 3.05) is 11.9 Å². The second kappa shape index (κ2) is 11.3. The average molecular weight is 485 g/mol. The SMILES string of the molecule is CC(C)[C@H](Nc1ccc(C(=O)NCCC(=O)O)cc1)c1ccc(-c2nnc(-c3ccccc3)o2)cc1. The monoisotopic (exact) mass is 484 g/mol. The Morgan fingerprint density at radius 3 is 2.06 bits per heavy atom. The molecule has 0 saturated carbocycles. The quantitative estimate of drug-likeness (QED) is 0.275. The minimum atomic E-state index is -0.948. The van der Waals surface area contributed by atoms with Gasteiger partial charge >= 0.3 is 5.97 Å². The molecule has 0 unspecified atom stereocenters. The molecule has 3 N–H and O–H groups in total. The molecule has 4 rings (SSSR count). The number of aromatic nitrogens is 2. The minimum Gasteiger partial charge on any atom is -0.481 e. The summed E-state index contributed by atoms with van der Waals surface area (Å²) in [6.07, 6.45) is -0.110. The van der Waals surface area contributed by atoms with Crippen molar-refractivity contribution in [3.63, 3.8) is 0 Å². The second-order valence-electron chi connectivity index (χ2n) is 8.74. The molecule has 8 heteroatoms. The molecule has 1 aromatic heterocycles. The van der Waals surface area contributed by atoms with Crippen molar-refractivity contribution in [2.45, 2.75) is 26.3 Å². The lowest BCUT2D eigenvalue weighted by Gasteiger charge is -2.24. The van der Waals surface area contributed by atoms with Crippen LogP contribution >= 0.6 is 0 Å². The van der Waals surface area contributed by atoms with E-state index < -0.39 is 5.97 Å². The van der Waals surface area contributed by atoms with E-state index in [-0.39, 0.29) is 24.9 Å². The van der Waals surface area contributed by atoms with E-state index in [1.807, 2.05) is 66.7 Å². The number of hydrogen-bond acceptors (Lipinski definition) is 6. The van der Waals surface area contributed by atoms with Crippen LogP contribution in [-0.2, 0) is 4.79 Å². The molecule has 0 aliphatic heterocycles. The van der Waals surface area contributed by atoms with Gasteiger partial charge in [0.05, 0.1) is 12.5 Å². The highest BCUT2D eigenvalue weighted by atomic mass is 16.4. The van der Waals surface area contributed by atoms with Gasteiger partial charge in [-0.1, -0.05) is 44.2 Å². The fraction of sp³-hybridized carbons (Fsp3) is 0.214. The Bertz CT molecular complexity index is 1300. The Balaban J connectivity index is 1.43. The lowest BCUT2D eigenvalue weighted by atomic mass is 9.94. The van der Waals surface area contributed by atoms with Crippen molar-refractivity contribution in [3.8, 4) is 22.9 Å². The van der Waals surface area contributed by atoms with Crippen LogP contribution in [0.2, 0.25) is 0 Å². The largest absolute Gasteiger partial charge is 0.481 e. The molecular formula is C28H28N4O4. The van der Waals surface area contributed by atoms with Gasteiger partial charge in [0.25, 0.3) is 5.91 Å². The van der Waals surface area contributed by atoms with Gasteiger partial charge in [-0.15, -0.1) is 10.2 Å². The third-order valence-corrected chi connectivity index (χ3v) is 5.72. The standard InChI is InChI=1S/C28H28N4O4/c1-18(2)25(30-23-14-12-20(13-15-23)26(35)29-17-16-24(33)34)19-8-10-22(11-9-19)28-32-31-27(36-28)21-6-4-3-5-7-21/h3-15,18,25,30H,16-17H2,1-2H3,(H,29,35)(H,33,34)/t25-/m0/s1. The van der Waals surface area contributed by atoms with Gasteiger partial charge in [0.15, 0.2) is 0 Å². The van der Waals surface area contributed by atoms with Crippen molar-refractivity contribution >= 4 is 17.6 Å². The summed E-state index contributed by atoms with van der Waals surface area (Å²) >= 11 is 0. The lowest BCUT2D eigenvalue weighted by molar-refractivity contribution is -0.136. The smallest absolute Gasteiger partial charge is 0.305 e. The zero-order valence-electron chi connectivity index (χ0n) is 20.1.